The van der Waals surface area contributed by atoms with Crippen molar-refractivity contribution in [1.82, 2.24) is 0 Å². The van der Waals surface area contributed by atoms with Gasteiger partial charge in [0.1, 0.15) is 12.4 Å². The predicted octanol–water partition coefficient (Wildman–Crippen LogP) is 4.20. The lowest BCUT2D eigenvalue weighted by molar-refractivity contribution is 0.0599. The standard InChI is InChI=1S/C23H20N2O5/c1-29-23(28)17-11-9-16(10-12-17)15-30-21-8-3-2-5-19(21)14-24-25-20-7-4-6-18(13-20)22(26)27/h2-14,25H,15H2,1H3,(H,26,27)/b24-14+. The van der Waals surface area contributed by atoms with E-state index in [4.69, 9.17) is 9.84 Å². The van der Waals surface area contributed by atoms with Crippen LogP contribution in [0.4, 0.5) is 5.69 Å². The summed E-state index contributed by atoms with van der Waals surface area (Å²) >= 11 is 0. The predicted molar refractivity (Wildman–Crippen MR) is 113 cm³/mol. The zero-order chi connectivity index (χ0) is 21.3. The van der Waals surface area contributed by atoms with Gasteiger partial charge in [-0.1, -0.05) is 30.3 Å². The molecule has 0 aliphatic rings. The fourth-order valence-corrected chi connectivity index (χ4v) is 2.63. The summed E-state index contributed by atoms with van der Waals surface area (Å²) in [5.74, 6) is -0.745. The first-order chi connectivity index (χ1) is 14.6. The van der Waals surface area contributed by atoms with E-state index in [1.807, 2.05) is 24.3 Å². The minimum absolute atomic E-state index is 0.178. The number of hydrogen-bond acceptors (Lipinski definition) is 6. The lowest BCUT2D eigenvalue weighted by Gasteiger charge is -2.09. The molecule has 3 aromatic rings. The van der Waals surface area contributed by atoms with E-state index >= 15 is 0 Å². The van der Waals surface area contributed by atoms with Crippen molar-refractivity contribution in [2.45, 2.75) is 6.61 Å². The Kier molecular flexibility index (Phi) is 6.78. The largest absolute Gasteiger partial charge is 0.488 e. The molecule has 0 heterocycles. The van der Waals surface area contributed by atoms with Gasteiger partial charge in [-0.2, -0.15) is 5.10 Å². The number of hydrazone groups is 1. The molecule has 152 valence electrons. The molecule has 0 bridgehead atoms. The molecule has 3 rings (SSSR count). The summed E-state index contributed by atoms with van der Waals surface area (Å²) in [6.45, 7) is 0.320. The van der Waals surface area contributed by atoms with E-state index in [0.29, 0.717) is 23.6 Å². The van der Waals surface area contributed by atoms with E-state index in [2.05, 4.69) is 15.3 Å². The van der Waals surface area contributed by atoms with E-state index in [1.54, 1.807) is 42.6 Å². The maximum Gasteiger partial charge on any atom is 0.337 e. The molecule has 0 unspecified atom stereocenters. The lowest BCUT2D eigenvalue weighted by atomic mass is 10.1. The number of anilines is 1. The number of carboxylic acids is 1. The van der Waals surface area contributed by atoms with Gasteiger partial charge in [-0.05, 0) is 48.0 Å². The summed E-state index contributed by atoms with van der Waals surface area (Å²) in [7, 11) is 1.34. The van der Waals surface area contributed by atoms with E-state index in [0.717, 1.165) is 11.1 Å². The van der Waals surface area contributed by atoms with Crippen molar-refractivity contribution in [2.75, 3.05) is 12.5 Å². The van der Waals surface area contributed by atoms with Gasteiger partial charge >= 0.3 is 11.9 Å². The van der Waals surface area contributed by atoms with Crippen LogP contribution in [0.5, 0.6) is 5.75 Å². The Morgan fingerprint density at radius 2 is 1.77 bits per heavy atom. The van der Waals surface area contributed by atoms with Crippen LogP contribution >= 0.6 is 0 Å². The average Bonchev–Trinajstić information content (AvgIpc) is 2.78. The molecule has 0 amide bonds. The fraction of sp³-hybridized carbons (Fsp3) is 0.0870. The Morgan fingerprint density at radius 3 is 2.50 bits per heavy atom. The molecule has 0 saturated heterocycles. The molecular weight excluding hydrogens is 384 g/mol. The third kappa shape index (κ3) is 5.45. The van der Waals surface area contributed by atoms with Crippen molar-refractivity contribution in [3.05, 3.63) is 95.1 Å². The first-order valence-corrected chi connectivity index (χ1v) is 9.08. The molecule has 30 heavy (non-hydrogen) atoms. The molecule has 0 atom stereocenters. The number of para-hydroxylation sites is 1. The Balaban J connectivity index is 1.64. The average molecular weight is 404 g/mol. The summed E-state index contributed by atoms with van der Waals surface area (Å²) in [6, 6.07) is 20.8. The van der Waals surface area contributed by atoms with Crippen molar-refractivity contribution in [2.24, 2.45) is 5.10 Å². The van der Waals surface area contributed by atoms with Crippen LogP contribution in [0.3, 0.4) is 0 Å². The highest BCUT2D eigenvalue weighted by Crippen LogP contribution is 2.18. The molecule has 0 radical (unpaired) electrons. The lowest BCUT2D eigenvalue weighted by Crippen LogP contribution is -2.02. The second-order valence-electron chi connectivity index (χ2n) is 6.27. The van der Waals surface area contributed by atoms with Crippen LogP contribution in [0, 0.1) is 0 Å². The molecule has 7 heteroatoms. The molecule has 0 saturated carbocycles. The Hall–Kier alpha value is -4.13. The normalized spacial score (nSPS) is 10.6. The smallest absolute Gasteiger partial charge is 0.337 e. The van der Waals surface area contributed by atoms with E-state index in [9.17, 15) is 9.59 Å². The molecule has 7 nitrogen and oxygen atoms in total. The van der Waals surface area contributed by atoms with Crippen LogP contribution in [0.25, 0.3) is 0 Å². The van der Waals surface area contributed by atoms with Gasteiger partial charge in [0.15, 0.2) is 0 Å². The third-order valence-corrected chi connectivity index (χ3v) is 4.20. The quantitative estimate of drug-likeness (QED) is 0.332. The van der Waals surface area contributed by atoms with Gasteiger partial charge in [-0.15, -0.1) is 0 Å². The van der Waals surface area contributed by atoms with Crippen LogP contribution in [-0.2, 0) is 11.3 Å². The number of carbonyl (C=O) groups excluding carboxylic acids is 1. The molecule has 0 fully saturated rings. The van der Waals surface area contributed by atoms with E-state index in [1.165, 1.54) is 19.2 Å². The maximum atomic E-state index is 11.5. The minimum atomic E-state index is -0.999. The van der Waals surface area contributed by atoms with Gasteiger partial charge in [0, 0.05) is 5.56 Å². The first kappa shape index (κ1) is 20.6. The first-order valence-electron chi connectivity index (χ1n) is 9.08. The Morgan fingerprint density at radius 1 is 1.00 bits per heavy atom. The van der Waals surface area contributed by atoms with Crippen LogP contribution in [0.2, 0.25) is 0 Å². The van der Waals surface area contributed by atoms with Crippen molar-refractivity contribution in [3.8, 4) is 5.75 Å². The SMILES string of the molecule is COC(=O)c1ccc(COc2ccccc2/C=N/Nc2cccc(C(=O)O)c2)cc1. The molecule has 0 aliphatic carbocycles. The summed E-state index contributed by atoms with van der Waals surface area (Å²) in [5.41, 5.74) is 5.70. The fourth-order valence-electron chi connectivity index (χ4n) is 2.63. The van der Waals surface area contributed by atoms with E-state index < -0.39 is 5.97 Å². The van der Waals surface area contributed by atoms with Crippen LogP contribution in [0.15, 0.2) is 77.9 Å². The van der Waals surface area contributed by atoms with Gasteiger partial charge < -0.3 is 14.6 Å². The zero-order valence-corrected chi connectivity index (χ0v) is 16.2. The molecule has 2 N–H and O–H groups in total. The maximum absolute atomic E-state index is 11.5. The molecule has 0 aromatic heterocycles. The summed E-state index contributed by atoms with van der Waals surface area (Å²) in [6.07, 6.45) is 1.60. The Bertz CT molecular complexity index is 1060. The van der Waals surface area contributed by atoms with Crippen molar-refractivity contribution < 1.29 is 24.2 Å². The molecule has 0 spiro atoms. The van der Waals surface area contributed by atoms with Gasteiger partial charge in [0.25, 0.3) is 0 Å². The van der Waals surface area contributed by atoms with Gasteiger partial charge in [-0.3, -0.25) is 5.43 Å². The number of nitrogens with zero attached hydrogens (tertiary/aromatic N) is 1. The number of nitrogens with one attached hydrogen (secondary N) is 1. The van der Waals surface area contributed by atoms with E-state index in [-0.39, 0.29) is 11.5 Å². The molecule has 3 aromatic carbocycles. The summed E-state index contributed by atoms with van der Waals surface area (Å²) in [4.78, 5) is 22.5. The summed E-state index contributed by atoms with van der Waals surface area (Å²) < 4.78 is 10.6. The monoisotopic (exact) mass is 404 g/mol. The number of carbonyl (C=O) groups is 2. The number of rotatable bonds is 8. The van der Waals surface area contributed by atoms with Crippen LogP contribution in [-0.4, -0.2) is 30.4 Å². The number of carboxylic acid groups (broad SMARTS) is 1. The number of benzene rings is 3. The highest BCUT2D eigenvalue weighted by molar-refractivity contribution is 5.89. The van der Waals surface area contributed by atoms with Gasteiger partial charge in [-0.25, -0.2) is 9.59 Å². The van der Waals surface area contributed by atoms with Crippen LogP contribution < -0.4 is 10.2 Å². The third-order valence-electron chi connectivity index (χ3n) is 4.20. The second kappa shape index (κ2) is 9.88. The highest BCUT2D eigenvalue weighted by atomic mass is 16.5. The van der Waals surface area contributed by atoms with Gasteiger partial charge in [0.05, 0.1) is 30.1 Å². The number of hydrogen-bond donors (Lipinski definition) is 2. The zero-order valence-electron chi connectivity index (χ0n) is 16.2. The number of esters is 1. The summed E-state index contributed by atoms with van der Waals surface area (Å²) in [5, 5.41) is 13.2. The number of ether oxygens (including phenoxy) is 2. The van der Waals surface area contributed by atoms with Crippen LogP contribution in [0.1, 0.15) is 31.8 Å². The topological polar surface area (TPSA) is 97.2 Å². The molecule has 0 aliphatic heterocycles. The van der Waals surface area contributed by atoms with Crippen molar-refractivity contribution in [3.63, 3.8) is 0 Å². The number of methoxy groups -OCH3 is 1. The van der Waals surface area contributed by atoms with Crippen molar-refractivity contribution in [1.29, 1.82) is 0 Å². The molecular formula is C23H20N2O5. The highest BCUT2D eigenvalue weighted by Gasteiger charge is 2.06. The minimum Gasteiger partial charge on any atom is -0.488 e. The number of aromatic carboxylic acids is 1. The van der Waals surface area contributed by atoms with Crippen molar-refractivity contribution >= 4 is 23.8 Å². The second-order valence-corrected chi connectivity index (χ2v) is 6.27. The Labute approximate surface area is 173 Å². The van der Waals surface area contributed by atoms with Gasteiger partial charge in [0.2, 0.25) is 0 Å².